The highest BCUT2D eigenvalue weighted by molar-refractivity contribution is 6.22. The smallest absolute Gasteiger partial charge is 0.164 e. The lowest BCUT2D eigenvalue weighted by atomic mass is 9.97. The minimum Gasteiger partial charge on any atom is -0.456 e. The summed E-state index contributed by atoms with van der Waals surface area (Å²) in [6.45, 7) is 0. The van der Waals surface area contributed by atoms with Crippen molar-refractivity contribution in [1.29, 1.82) is 0 Å². The number of hydrogen-bond acceptors (Lipinski definition) is 5. The van der Waals surface area contributed by atoms with Crippen LogP contribution in [0.15, 0.2) is 162 Å². The van der Waals surface area contributed by atoms with E-state index in [0.717, 1.165) is 87.2 Å². The molecule has 8 aromatic carbocycles. The molecule has 0 aliphatic rings. The Bertz CT molecular complexity index is 3220. The third-order valence-electron chi connectivity index (χ3n) is 10.1. The second-order valence-corrected chi connectivity index (χ2v) is 13.0. The molecule has 0 bridgehead atoms. The molecule has 0 N–H and O–H groups in total. The molecule has 0 aliphatic carbocycles. The van der Waals surface area contributed by atoms with Gasteiger partial charge in [0.1, 0.15) is 11.2 Å². The lowest BCUT2D eigenvalue weighted by molar-refractivity contribution is 0.669. The van der Waals surface area contributed by atoms with Gasteiger partial charge in [-0.1, -0.05) is 121 Å². The molecule has 0 radical (unpaired) electrons. The normalized spacial score (nSPS) is 11.9. The van der Waals surface area contributed by atoms with Crippen LogP contribution in [0.3, 0.4) is 0 Å². The fraction of sp³-hybridized carbons (Fsp3) is 0. The molecule has 51 heavy (non-hydrogen) atoms. The number of rotatable bonds is 3. The zero-order valence-corrected chi connectivity index (χ0v) is 27.2. The third-order valence-corrected chi connectivity index (χ3v) is 10.1. The molecule has 11 rings (SSSR count). The Kier molecular flexibility index (Phi) is 5.89. The molecular weight excluding hydrogens is 625 g/mol. The molecule has 5 nitrogen and oxygen atoms in total. The summed E-state index contributed by atoms with van der Waals surface area (Å²) in [4.78, 5) is 20.3. The highest BCUT2D eigenvalue weighted by Crippen LogP contribution is 2.40. The molecule has 0 atom stereocenters. The highest BCUT2D eigenvalue weighted by Gasteiger charge is 2.19. The van der Waals surface area contributed by atoms with Crippen molar-refractivity contribution in [2.45, 2.75) is 0 Å². The Balaban J connectivity index is 1.19. The zero-order valence-electron chi connectivity index (χ0n) is 27.2. The van der Waals surface area contributed by atoms with Crippen LogP contribution < -0.4 is 0 Å². The molecule has 0 unspecified atom stereocenters. The predicted octanol–water partition coefficient (Wildman–Crippen LogP) is 11.9. The average Bonchev–Trinajstić information content (AvgIpc) is 3.58. The number of nitrogens with zero attached hydrogens (tertiary/aromatic N) is 4. The lowest BCUT2D eigenvalue weighted by Gasteiger charge is -2.12. The van der Waals surface area contributed by atoms with Crippen LogP contribution in [-0.2, 0) is 0 Å². The first kappa shape index (κ1) is 27.9. The van der Waals surface area contributed by atoms with Crippen molar-refractivity contribution in [3.8, 4) is 34.2 Å². The maximum atomic E-state index is 6.44. The summed E-state index contributed by atoms with van der Waals surface area (Å²) >= 11 is 0. The number of benzene rings is 8. The summed E-state index contributed by atoms with van der Waals surface area (Å²) in [5.41, 5.74) is 5.39. The molecule has 0 amide bonds. The summed E-state index contributed by atoms with van der Waals surface area (Å²) in [5, 5.41) is 12.3. The molecule has 3 heterocycles. The van der Waals surface area contributed by atoms with E-state index in [-0.39, 0.29) is 0 Å². The summed E-state index contributed by atoms with van der Waals surface area (Å²) in [6.07, 6.45) is 1.86. The van der Waals surface area contributed by atoms with E-state index in [9.17, 15) is 0 Å². The summed E-state index contributed by atoms with van der Waals surface area (Å²) < 4.78 is 6.44. The first-order valence-electron chi connectivity index (χ1n) is 17.0. The molecule has 3 aromatic heterocycles. The van der Waals surface area contributed by atoms with E-state index in [4.69, 9.17) is 24.4 Å². The van der Waals surface area contributed by atoms with E-state index < -0.39 is 0 Å². The zero-order chi connectivity index (χ0) is 33.5. The Hall–Kier alpha value is -6.98. The Labute approximate surface area is 291 Å². The Morgan fingerprint density at radius 1 is 0.373 bits per heavy atom. The number of aromatic nitrogens is 4. The van der Waals surface area contributed by atoms with E-state index in [1.807, 2.05) is 24.4 Å². The molecule has 0 aliphatic heterocycles. The highest BCUT2D eigenvalue weighted by atomic mass is 16.3. The summed E-state index contributed by atoms with van der Waals surface area (Å²) in [6, 6.07) is 52.7. The fourth-order valence-electron chi connectivity index (χ4n) is 7.68. The molecule has 0 saturated carbocycles. The van der Waals surface area contributed by atoms with Crippen molar-refractivity contribution in [1.82, 2.24) is 19.9 Å². The van der Waals surface area contributed by atoms with Gasteiger partial charge in [0, 0.05) is 44.4 Å². The Morgan fingerprint density at radius 3 is 1.90 bits per heavy atom. The topological polar surface area (TPSA) is 64.7 Å². The van der Waals surface area contributed by atoms with Gasteiger partial charge in [0.25, 0.3) is 0 Å². The molecule has 0 saturated heterocycles. The SMILES string of the molecule is c1ccc2cc(-c3nc(-c4ccc5ccc6c(ccc7cccnc76)c5c4)nc(-c4cc5oc6ccccc6c5c5ccccc45)n3)ccc2c1. The lowest BCUT2D eigenvalue weighted by Crippen LogP contribution is -2.01. The van der Waals surface area contributed by atoms with Crippen LogP contribution in [0.25, 0.3) is 110 Å². The van der Waals surface area contributed by atoms with Gasteiger partial charge in [-0.25, -0.2) is 15.0 Å². The molecule has 11 aromatic rings. The van der Waals surface area contributed by atoms with Crippen molar-refractivity contribution < 1.29 is 4.42 Å². The van der Waals surface area contributed by atoms with Gasteiger partial charge in [0.15, 0.2) is 17.5 Å². The fourth-order valence-corrected chi connectivity index (χ4v) is 7.68. The number of para-hydroxylation sites is 1. The van der Waals surface area contributed by atoms with Gasteiger partial charge in [-0.2, -0.15) is 0 Å². The largest absolute Gasteiger partial charge is 0.456 e. The van der Waals surface area contributed by atoms with E-state index in [1.54, 1.807) is 0 Å². The van der Waals surface area contributed by atoms with E-state index in [0.29, 0.717) is 17.5 Å². The van der Waals surface area contributed by atoms with Crippen LogP contribution in [0.2, 0.25) is 0 Å². The van der Waals surface area contributed by atoms with Crippen molar-refractivity contribution in [3.05, 3.63) is 158 Å². The summed E-state index contributed by atoms with van der Waals surface area (Å²) in [7, 11) is 0. The standard InChI is InChI=1S/C46H26N4O/c1-2-9-30-24-31(17-15-27(30)8-1)44-48-45(32-18-16-28-19-22-36-34(38(28)25-32)21-20-29-10-7-23-47-43(29)36)50-46(49-44)39-26-41-42(35-12-4-3-11-33(35)39)37-13-5-6-14-40(37)51-41/h1-26H. The van der Waals surface area contributed by atoms with Gasteiger partial charge in [-0.3, -0.25) is 4.98 Å². The molecule has 236 valence electrons. The van der Waals surface area contributed by atoms with E-state index in [1.165, 1.54) is 5.39 Å². The van der Waals surface area contributed by atoms with Gasteiger partial charge < -0.3 is 4.42 Å². The molecule has 0 fully saturated rings. The van der Waals surface area contributed by atoms with Gasteiger partial charge in [0.05, 0.1) is 5.52 Å². The maximum absolute atomic E-state index is 6.44. The van der Waals surface area contributed by atoms with Gasteiger partial charge in [0.2, 0.25) is 0 Å². The van der Waals surface area contributed by atoms with E-state index in [2.05, 4.69) is 133 Å². The van der Waals surface area contributed by atoms with Crippen molar-refractivity contribution in [3.63, 3.8) is 0 Å². The Morgan fingerprint density at radius 2 is 1.02 bits per heavy atom. The molecule has 0 spiro atoms. The molecular formula is C46H26N4O. The second-order valence-electron chi connectivity index (χ2n) is 13.0. The monoisotopic (exact) mass is 650 g/mol. The van der Waals surface area contributed by atoms with Crippen LogP contribution >= 0.6 is 0 Å². The quantitative estimate of drug-likeness (QED) is 0.178. The minimum atomic E-state index is 0.593. The third kappa shape index (κ3) is 4.35. The van der Waals surface area contributed by atoms with Crippen molar-refractivity contribution >= 4 is 75.9 Å². The summed E-state index contributed by atoms with van der Waals surface area (Å²) in [5.74, 6) is 1.81. The molecule has 5 heteroatoms. The first-order chi connectivity index (χ1) is 25.2. The number of pyridine rings is 1. The minimum absolute atomic E-state index is 0.593. The first-order valence-corrected chi connectivity index (χ1v) is 17.0. The van der Waals surface area contributed by atoms with Crippen molar-refractivity contribution in [2.75, 3.05) is 0 Å². The average molecular weight is 651 g/mol. The van der Waals surface area contributed by atoms with Gasteiger partial charge in [-0.05, 0) is 68.0 Å². The van der Waals surface area contributed by atoms with Crippen LogP contribution in [-0.4, -0.2) is 19.9 Å². The van der Waals surface area contributed by atoms with Crippen LogP contribution in [0, 0.1) is 0 Å². The number of furan rings is 1. The van der Waals surface area contributed by atoms with E-state index >= 15 is 0 Å². The number of fused-ring (bicyclic) bond motifs is 11. The maximum Gasteiger partial charge on any atom is 0.164 e. The van der Waals surface area contributed by atoms with Crippen LogP contribution in [0.1, 0.15) is 0 Å². The van der Waals surface area contributed by atoms with Crippen molar-refractivity contribution in [2.24, 2.45) is 0 Å². The predicted molar refractivity (Wildman–Crippen MR) is 209 cm³/mol. The second kappa shape index (κ2) is 10.8. The van der Waals surface area contributed by atoms with Crippen LogP contribution in [0.4, 0.5) is 0 Å². The number of hydrogen-bond donors (Lipinski definition) is 0. The van der Waals surface area contributed by atoms with Gasteiger partial charge >= 0.3 is 0 Å². The van der Waals surface area contributed by atoms with Gasteiger partial charge in [-0.15, -0.1) is 0 Å². The van der Waals surface area contributed by atoms with Crippen LogP contribution in [0.5, 0.6) is 0 Å².